The zero-order chi connectivity index (χ0) is 20.5. The van der Waals surface area contributed by atoms with Crippen LogP contribution in [0.25, 0.3) is 0 Å². The lowest BCUT2D eigenvalue weighted by Crippen LogP contribution is -2.40. The Labute approximate surface area is 159 Å². The number of nitrogens with zero attached hydrogens (tertiary/aromatic N) is 2. The molecule has 0 radical (unpaired) electrons. The summed E-state index contributed by atoms with van der Waals surface area (Å²) in [6.45, 7) is 2.04. The van der Waals surface area contributed by atoms with Crippen LogP contribution in [0.5, 0.6) is 5.75 Å². The summed E-state index contributed by atoms with van der Waals surface area (Å²) >= 11 is 0. The van der Waals surface area contributed by atoms with E-state index in [1.807, 2.05) is 7.05 Å². The predicted octanol–water partition coefficient (Wildman–Crippen LogP) is 3.41. The lowest BCUT2D eigenvalue weighted by atomic mass is 10.1. The third-order valence-electron chi connectivity index (χ3n) is 4.62. The fourth-order valence-corrected chi connectivity index (χ4v) is 3.18. The highest BCUT2D eigenvalue weighted by molar-refractivity contribution is 5.90. The molecule has 0 bridgehead atoms. The smallest absolute Gasteiger partial charge is 0.420 e. The first-order chi connectivity index (χ1) is 13.2. The second kappa shape index (κ2) is 7.70. The van der Waals surface area contributed by atoms with Crippen LogP contribution < -0.4 is 15.4 Å². The molecular formula is C18H21F3N4O3. The number of aryl methyl sites for hydroxylation is 2. The van der Waals surface area contributed by atoms with Gasteiger partial charge in [0.05, 0.1) is 18.7 Å². The summed E-state index contributed by atoms with van der Waals surface area (Å²) in [6.07, 6.45) is -1.05. The van der Waals surface area contributed by atoms with Gasteiger partial charge in [-0.25, -0.2) is 9.78 Å². The molecule has 2 N–H and O–H groups in total. The molecule has 0 unspecified atom stereocenters. The largest absolute Gasteiger partial charge is 0.496 e. The molecule has 1 aliphatic heterocycles. The Bertz CT molecular complexity index is 866. The molecule has 152 valence electrons. The number of imidazole rings is 1. The Kier molecular flexibility index (Phi) is 5.50. The van der Waals surface area contributed by atoms with E-state index in [0.717, 1.165) is 6.07 Å². The van der Waals surface area contributed by atoms with Gasteiger partial charge in [0, 0.05) is 31.7 Å². The number of carbonyl (C=O) groups is 1. The maximum atomic E-state index is 13.2. The maximum Gasteiger partial charge on any atom is 0.420 e. The van der Waals surface area contributed by atoms with Crippen LogP contribution in [0.4, 0.5) is 23.7 Å². The molecule has 0 aliphatic carbocycles. The van der Waals surface area contributed by atoms with Gasteiger partial charge in [0.25, 0.3) is 0 Å². The van der Waals surface area contributed by atoms with Crippen molar-refractivity contribution in [1.82, 2.24) is 14.9 Å². The number of halogens is 3. The Morgan fingerprint density at radius 2 is 2.14 bits per heavy atom. The van der Waals surface area contributed by atoms with E-state index in [2.05, 4.69) is 15.6 Å². The van der Waals surface area contributed by atoms with E-state index in [4.69, 9.17) is 9.47 Å². The molecule has 1 aliphatic rings. The lowest BCUT2D eigenvalue weighted by molar-refractivity contribution is -0.138. The predicted molar refractivity (Wildman–Crippen MR) is 95.2 cm³/mol. The standard InChI is InChI=1S/C18H21F3N4O3/c1-10-8-14(27-3)11(18(19,20)21)9-13(10)24-17(26)23-12-4-7-28-15(12)16-22-5-6-25(16)2/h5-6,8-9,12,15H,4,7H2,1-3H3,(H2,23,24,26)/t12-,15-/m1/s1. The monoisotopic (exact) mass is 398 g/mol. The Hall–Kier alpha value is -2.75. The average molecular weight is 398 g/mol. The number of alkyl halides is 3. The van der Waals surface area contributed by atoms with Crippen molar-refractivity contribution in [2.75, 3.05) is 19.0 Å². The number of hydrogen-bond acceptors (Lipinski definition) is 4. The molecule has 1 aromatic carbocycles. The summed E-state index contributed by atoms with van der Waals surface area (Å²) in [6, 6.07) is 1.15. The van der Waals surface area contributed by atoms with Crippen LogP contribution >= 0.6 is 0 Å². The van der Waals surface area contributed by atoms with Crippen LogP contribution in [0.1, 0.15) is 29.5 Å². The van der Waals surface area contributed by atoms with Crippen LogP contribution in [-0.2, 0) is 18.0 Å². The van der Waals surface area contributed by atoms with Gasteiger partial charge in [-0.1, -0.05) is 0 Å². The number of benzene rings is 1. The van der Waals surface area contributed by atoms with Gasteiger partial charge in [-0.3, -0.25) is 0 Å². The molecule has 0 spiro atoms. The maximum absolute atomic E-state index is 13.2. The van der Waals surface area contributed by atoms with Gasteiger partial charge in [0.1, 0.15) is 17.7 Å². The summed E-state index contributed by atoms with van der Waals surface area (Å²) in [5.41, 5.74) is -0.451. The van der Waals surface area contributed by atoms with Gasteiger partial charge in [-0.2, -0.15) is 13.2 Å². The topological polar surface area (TPSA) is 77.4 Å². The van der Waals surface area contributed by atoms with Crippen molar-refractivity contribution in [2.45, 2.75) is 31.7 Å². The van der Waals surface area contributed by atoms with Crippen molar-refractivity contribution in [3.05, 3.63) is 41.5 Å². The number of anilines is 1. The highest BCUT2D eigenvalue weighted by Gasteiger charge is 2.36. The third kappa shape index (κ3) is 4.06. The summed E-state index contributed by atoms with van der Waals surface area (Å²) < 4.78 is 52.0. The lowest BCUT2D eigenvalue weighted by Gasteiger charge is -2.21. The van der Waals surface area contributed by atoms with Gasteiger partial charge in [0.2, 0.25) is 0 Å². The molecule has 1 saturated heterocycles. The van der Waals surface area contributed by atoms with E-state index in [-0.39, 0.29) is 17.5 Å². The summed E-state index contributed by atoms with van der Waals surface area (Å²) in [5.74, 6) is 0.373. The molecule has 10 heteroatoms. The van der Waals surface area contributed by atoms with Crippen molar-refractivity contribution in [1.29, 1.82) is 0 Å². The van der Waals surface area contributed by atoms with E-state index < -0.39 is 23.9 Å². The number of amides is 2. The first-order valence-corrected chi connectivity index (χ1v) is 8.63. The molecule has 7 nitrogen and oxygen atoms in total. The van der Waals surface area contributed by atoms with Crippen LogP contribution in [0.3, 0.4) is 0 Å². The quantitative estimate of drug-likeness (QED) is 0.828. The average Bonchev–Trinajstić information content (AvgIpc) is 3.23. The van der Waals surface area contributed by atoms with Gasteiger partial charge >= 0.3 is 12.2 Å². The third-order valence-corrected chi connectivity index (χ3v) is 4.62. The molecule has 1 aromatic heterocycles. The second-order valence-electron chi connectivity index (χ2n) is 6.55. The molecule has 2 aromatic rings. The highest BCUT2D eigenvalue weighted by atomic mass is 19.4. The fraction of sp³-hybridized carbons (Fsp3) is 0.444. The highest BCUT2D eigenvalue weighted by Crippen LogP contribution is 2.39. The number of rotatable bonds is 4. The zero-order valence-corrected chi connectivity index (χ0v) is 15.6. The fourth-order valence-electron chi connectivity index (χ4n) is 3.18. The second-order valence-corrected chi connectivity index (χ2v) is 6.55. The molecule has 2 atom stereocenters. The first kappa shape index (κ1) is 20.0. The Morgan fingerprint density at radius 3 is 2.75 bits per heavy atom. The van der Waals surface area contributed by atoms with Crippen molar-refractivity contribution in [3.63, 3.8) is 0 Å². The van der Waals surface area contributed by atoms with E-state index in [1.54, 1.807) is 23.9 Å². The minimum absolute atomic E-state index is 0.0538. The minimum atomic E-state index is -4.60. The van der Waals surface area contributed by atoms with Crippen molar-refractivity contribution < 1.29 is 27.4 Å². The molecule has 2 amide bonds. The molecule has 0 saturated carbocycles. The number of ether oxygens (including phenoxy) is 2. The number of urea groups is 1. The number of carbonyl (C=O) groups excluding carboxylic acids is 1. The van der Waals surface area contributed by atoms with Crippen LogP contribution in [-0.4, -0.2) is 35.3 Å². The van der Waals surface area contributed by atoms with E-state index in [9.17, 15) is 18.0 Å². The van der Waals surface area contributed by atoms with E-state index in [1.165, 1.54) is 13.2 Å². The number of methoxy groups -OCH3 is 1. The van der Waals surface area contributed by atoms with E-state index >= 15 is 0 Å². The normalized spacial score (nSPS) is 19.5. The Balaban J connectivity index is 1.75. The van der Waals surface area contributed by atoms with Gasteiger partial charge < -0.3 is 24.7 Å². The SMILES string of the molecule is COc1cc(C)c(NC(=O)N[C@@H]2CCO[C@H]2c2nccn2C)cc1C(F)(F)F. The van der Waals surface area contributed by atoms with Crippen molar-refractivity contribution in [3.8, 4) is 5.75 Å². The van der Waals surface area contributed by atoms with Crippen molar-refractivity contribution >= 4 is 11.7 Å². The molecule has 1 fully saturated rings. The molecule has 3 rings (SSSR count). The number of hydrogen-bond donors (Lipinski definition) is 2. The van der Waals surface area contributed by atoms with Gasteiger partial charge in [-0.05, 0) is 31.0 Å². The molecule has 28 heavy (non-hydrogen) atoms. The summed E-state index contributed by atoms with van der Waals surface area (Å²) in [7, 11) is 2.99. The van der Waals surface area contributed by atoms with Gasteiger partial charge in [0.15, 0.2) is 0 Å². The van der Waals surface area contributed by atoms with Crippen LogP contribution in [0.15, 0.2) is 24.5 Å². The number of aromatic nitrogens is 2. The first-order valence-electron chi connectivity index (χ1n) is 8.63. The minimum Gasteiger partial charge on any atom is -0.496 e. The number of nitrogens with one attached hydrogen (secondary N) is 2. The van der Waals surface area contributed by atoms with Gasteiger partial charge in [-0.15, -0.1) is 0 Å². The van der Waals surface area contributed by atoms with Crippen molar-refractivity contribution in [2.24, 2.45) is 7.05 Å². The summed E-state index contributed by atoms with van der Waals surface area (Å²) in [5, 5.41) is 5.26. The van der Waals surface area contributed by atoms with Crippen LogP contribution in [0, 0.1) is 6.92 Å². The van der Waals surface area contributed by atoms with Crippen LogP contribution in [0.2, 0.25) is 0 Å². The molecule has 2 heterocycles. The molecular weight excluding hydrogens is 377 g/mol. The summed E-state index contributed by atoms with van der Waals surface area (Å²) in [4.78, 5) is 16.7. The zero-order valence-electron chi connectivity index (χ0n) is 15.6. The Morgan fingerprint density at radius 1 is 1.39 bits per heavy atom. The van der Waals surface area contributed by atoms with E-state index in [0.29, 0.717) is 24.4 Å².